The lowest BCUT2D eigenvalue weighted by molar-refractivity contribution is -0.385. The molecule has 0 unspecified atom stereocenters. The van der Waals surface area contributed by atoms with Gasteiger partial charge in [-0.15, -0.1) is 0 Å². The van der Waals surface area contributed by atoms with Crippen molar-refractivity contribution < 1.29 is 18.1 Å². The van der Waals surface area contributed by atoms with Gasteiger partial charge in [0.15, 0.2) is 0 Å². The van der Waals surface area contributed by atoms with E-state index in [1.165, 1.54) is 16.4 Å². The number of nitro groups is 1. The molecule has 1 aliphatic heterocycles. The maximum absolute atomic E-state index is 12.6. The van der Waals surface area contributed by atoms with Crippen molar-refractivity contribution in [2.24, 2.45) is 0 Å². The zero-order valence-electron chi connectivity index (χ0n) is 11.4. The van der Waals surface area contributed by atoms with Gasteiger partial charge in [-0.05, 0) is 12.5 Å². The van der Waals surface area contributed by atoms with E-state index >= 15 is 0 Å². The number of hydrogen-bond donors (Lipinski definition) is 1. The number of carbonyl (C=O) groups is 1. The molecule has 1 aromatic rings. The van der Waals surface area contributed by atoms with Crippen molar-refractivity contribution in [3.63, 3.8) is 0 Å². The maximum Gasteiger partial charge on any atom is 0.270 e. The van der Waals surface area contributed by atoms with E-state index in [1.54, 1.807) is 6.92 Å². The summed E-state index contributed by atoms with van der Waals surface area (Å²) in [6.45, 7) is 2.02. The molecule has 8 nitrogen and oxygen atoms in total. The van der Waals surface area contributed by atoms with E-state index in [0.29, 0.717) is 5.56 Å². The number of aryl methyl sites for hydroxylation is 1. The molecule has 1 aromatic carbocycles. The van der Waals surface area contributed by atoms with Gasteiger partial charge in [-0.2, -0.15) is 4.31 Å². The predicted octanol–water partition coefficient (Wildman–Crippen LogP) is 0.414. The standard InChI is InChI=1S/C12H15N3O5S/c1-9-2-3-10(15(17)18)8-11(9)21(19,20)14-6-4-12(16)13-5-7-14/h2-3,8H,4-7H2,1H3,(H,13,16). The van der Waals surface area contributed by atoms with Gasteiger partial charge in [0.05, 0.1) is 9.82 Å². The molecular formula is C12H15N3O5S. The van der Waals surface area contributed by atoms with E-state index in [1.807, 2.05) is 0 Å². The van der Waals surface area contributed by atoms with Crippen molar-refractivity contribution in [3.8, 4) is 0 Å². The minimum absolute atomic E-state index is 0.0658. The summed E-state index contributed by atoms with van der Waals surface area (Å²) in [6.07, 6.45) is 0.0766. The van der Waals surface area contributed by atoms with Crippen molar-refractivity contribution in [2.45, 2.75) is 18.2 Å². The lowest BCUT2D eigenvalue weighted by atomic mass is 10.2. The molecule has 1 aliphatic rings. The van der Waals surface area contributed by atoms with Crippen molar-refractivity contribution in [3.05, 3.63) is 33.9 Å². The molecule has 0 aliphatic carbocycles. The molecule has 1 fully saturated rings. The predicted molar refractivity (Wildman–Crippen MR) is 74.2 cm³/mol. The van der Waals surface area contributed by atoms with Crippen LogP contribution in [0.25, 0.3) is 0 Å². The SMILES string of the molecule is Cc1ccc([N+](=O)[O-])cc1S(=O)(=O)N1CCNC(=O)CC1. The first-order valence-electron chi connectivity index (χ1n) is 6.34. The van der Waals surface area contributed by atoms with Gasteiger partial charge in [0.2, 0.25) is 15.9 Å². The van der Waals surface area contributed by atoms with E-state index in [4.69, 9.17) is 0 Å². The highest BCUT2D eigenvalue weighted by Gasteiger charge is 2.29. The molecule has 1 N–H and O–H groups in total. The Labute approximate surface area is 122 Å². The highest BCUT2D eigenvalue weighted by Crippen LogP contribution is 2.25. The van der Waals surface area contributed by atoms with Crippen molar-refractivity contribution in [2.75, 3.05) is 19.6 Å². The van der Waals surface area contributed by atoms with Crippen LogP contribution < -0.4 is 5.32 Å². The minimum Gasteiger partial charge on any atom is -0.355 e. The van der Waals surface area contributed by atoms with Crippen LogP contribution in [-0.4, -0.2) is 43.2 Å². The second-order valence-corrected chi connectivity index (χ2v) is 6.62. The number of amides is 1. The molecule has 114 valence electrons. The third kappa shape index (κ3) is 3.19. The Hall–Kier alpha value is -2.00. The maximum atomic E-state index is 12.6. The molecular weight excluding hydrogens is 298 g/mol. The average molecular weight is 313 g/mol. The van der Waals surface area contributed by atoms with Gasteiger partial charge in [0.25, 0.3) is 5.69 Å². The largest absolute Gasteiger partial charge is 0.355 e. The Morgan fingerprint density at radius 3 is 2.71 bits per heavy atom. The van der Waals surface area contributed by atoms with Crippen LogP contribution >= 0.6 is 0 Å². The normalized spacial score (nSPS) is 17.1. The van der Waals surface area contributed by atoms with Crippen LogP contribution in [0.15, 0.2) is 23.1 Å². The quantitative estimate of drug-likeness (QED) is 0.642. The molecule has 1 heterocycles. The van der Waals surface area contributed by atoms with Crippen LogP contribution in [0.1, 0.15) is 12.0 Å². The summed E-state index contributed by atoms with van der Waals surface area (Å²) in [5.74, 6) is -0.205. The Bertz CT molecular complexity index is 686. The lowest BCUT2D eigenvalue weighted by Gasteiger charge is -2.20. The van der Waals surface area contributed by atoms with Crippen molar-refractivity contribution >= 4 is 21.6 Å². The molecule has 9 heteroatoms. The molecule has 0 atom stereocenters. The summed E-state index contributed by atoms with van der Waals surface area (Å²) in [4.78, 5) is 21.4. The second-order valence-electron chi connectivity index (χ2n) is 4.71. The second kappa shape index (κ2) is 5.78. The smallest absolute Gasteiger partial charge is 0.270 e. The fraction of sp³-hybridized carbons (Fsp3) is 0.417. The molecule has 0 radical (unpaired) electrons. The third-order valence-corrected chi connectivity index (χ3v) is 5.31. The number of benzene rings is 1. The van der Waals surface area contributed by atoms with Gasteiger partial charge < -0.3 is 5.32 Å². The number of hydrogen-bond acceptors (Lipinski definition) is 5. The van der Waals surface area contributed by atoms with Gasteiger partial charge in [-0.25, -0.2) is 8.42 Å². The van der Waals surface area contributed by atoms with Crippen LogP contribution in [0.3, 0.4) is 0 Å². The van der Waals surface area contributed by atoms with Gasteiger partial charge in [0.1, 0.15) is 0 Å². The molecule has 0 saturated carbocycles. The zero-order valence-corrected chi connectivity index (χ0v) is 12.2. The average Bonchev–Trinajstić information content (AvgIpc) is 2.64. The van der Waals surface area contributed by atoms with E-state index < -0.39 is 14.9 Å². The minimum atomic E-state index is -3.86. The summed E-state index contributed by atoms with van der Waals surface area (Å²) >= 11 is 0. The topological polar surface area (TPSA) is 110 Å². The lowest BCUT2D eigenvalue weighted by Crippen LogP contribution is -2.34. The molecule has 0 bridgehead atoms. The van der Waals surface area contributed by atoms with Crippen LogP contribution in [0.2, 0.25) is 0 Å². The Morgan fingerprint density at radius 1 is 1.33 bits per heavy atom. The zero-order chi connectivity index (χ0) is 15.6. The molecule has 1 saturated heterocycles. The number of rotatable bonds is 3. The summed E-state index contributed by atoms with van der Waals surface area (Å²) in [7, 11) is -3.86. The first-order chi connectivity index (χ1) is 9.82. The van der Waals surface area contributed by atoms with Crippen LogP contribution in [0.5, 0.6) is 0 Å². The number of carbonyl (C=O) groups excluding carboxylic acids is 1. The van der Waals surface area contributed by atoms with Crippen molar-refractivity contribution in [1.29, 1.82) is 0 Å². The fourth-order valence-electron chi connectivity index (χ4n) is 2.11. The molecule has 2 rings (SSSR count). The number of non-ortho nitro benzene ring substituents is 1. The van der Waals surface area contributed by atoms with Gasteiger partial charge in [-0.3, -0.25) is 14.9 Å². The Kier molecular flexibility index (Phi) is 4.24. The molecule has 21 heavy (non-hydrogen) atoms. The molecule has 0 spiro atoms. The van der Waals surface area contributed by atoms with E-state index in [-0.39, 0.29) is 42.5 Å². The number of nitro benzene ring substituents is 1. The number of nitrogens with one attached hydrogen (secondary N) is 1. The van der Waals surface area contributed by atoms with Crippen LogP contribution in [0.4, 0.5) is 5.69 Å². The fourth-order valence-corrected chi connectivity index (χ4v) is 3.79. The van der Waals surface area contributed by atoms with E-state index in [2.05, 4.69) is 5.32 Å². The first-order valence-corrected chi connectivity index (χ1v) is 7.78. The summed E-state index contributed by atoms with van der Waals surface area (Å²) in [5.41, 5.74) is 0.160. The van der Waals surface area contributed by atoms with Crippen LogP contribution in [-0.2, 0) is 14.8 Å². The van der Waals surface area contributed by atoms with E-state index in [0.717, 1.165) is 6.07 Å². The highest BCUT2D eigenvalue weighted by molar-refractivity contribution is 7.89. The highest BCUT2D eigenvalue weighted by atomic mass is 32.2. The molecule has 0 aromatic heterocycles. The third-order valence-electron chi connectivity index (χ3n) is 3.27. The van der Waals surface area contributed by atoms with Gasteiger partial charge in [-0.1, -0.05) is 6.07 Å². The monoisotopic (exact) mass is 313 g/mol. The van der Waals surface area contributed by atoms with Crippen molar-refractivity contribution in [1.82, 2.24) is 9.62 Å². The van der Waals surface area contributed by atoms with Gasteiger partial charge >= 0.3 is 0 Å². The summed E-state index contributed by atoms with van der Waals surface area (Å²) < 4.78 is 26.4. The molecule has 1 amide bonds. The summed E-state index contributed by atoms with van der Waals surface area (Å²) in [6, 6.07) is 3.74. The Morgan fingerprint density at radius 2 is 2.05 bits per heavy atom. The summed E-state index contributed by atoms with van der Waals surface area (Å²) in [5, 5.41) is 13.4. The van der Waals surface area contributed by atoms with Crippen LogP contribution in [0, 0.1) is 17.0 Å². The number of sulfonamides is 1. The number of nitrogens with zero attached hydrogens (tertiary/aromatic N) is 2. The first kappa shape index (κ1) is 15.4. The Balaban J connectivity index is 2.41. The van der Waals surface area contributed by atoms with E-state index in [9.17, 15) is 23.3 Å². The van der Waals surface area contributed by atoms with Gasteiger partial charge in [0, 0.05) is 38.2 Å².